The van der Waals surface area contributed by atoms with Gasteiger partial charge in [-0.25, -0.2) is 9.69 Å². The molecule has 0 amide bonds. The molecule has 0 saturated carbocycles. The van der Waals surface area contributed by atoms with Crippen LogP contribution in [0.1, 0.15) is 0 Å². The number of aromatic nitrogens is 2. The van der Waals surface area contributed by atoms with Crippen LogP contribution in [0.4, 0.5) is 11.4 Å². The molecule has 48 heavy (non-hydrogen) atoms. The molecule has 0 spiro atoms. The second-order valence-corrected chi connectivity index (χ2v) is 11.9. The van der Waals surface area contributed by atoms with Crippen molar-refractivity contribution in [1.82, 2.24) is 9.13 Å². The lowest BCUT2D eigenvalue weighted by Crippen LogP contribution is -1.98. The molecule has 2 aromatic heterocycles. The molecule has 222 valence electrons. The number of rotatable bonds is 4. The molecule has 0 atom stereocenters. The highest BCUT2D eigenvalue weighted by Crippen LogP contribution is 2.45. The van der Waals surface area contributed by atoms with E-state index in [-0.39, 0.29) is 0 Å². The quantitative estimate of drug-likeness (QED) is 0.177. The molecule has 0 aliphatic carbocycles. The van der Waals surface area contributed by atoms with Crippen molar-refractivity contribution < 1.29 is 0 Å². The Bertz CT molecular complexity index is 2760. The van der Waals surface area contributed by atoms with Crippen molar-refractivity contribution in [2.24, 2.45) is 0 Å². The van der Waals surface area contributed by atoms with Crippen molar-refractivity contribution >= 4 is 55.0 Å². The van der Waals surface area contributed by atoms with Crippen LogP contribution in [0.3, 0.4) is 0 Å². The van der Waals surface area contributed by atoms with Gasteiger partial charge in [0, 0.05) is 32.7 Å². The minimum atomic E-state index is 0.588. The lowest BCUT2D eigenvalue weighted by molar-refractivity contribution is 1.18. The van der Waals surface area contributed by atoms with Gasteiger partial charge < -0.3 is 9.13 Å². The average molecular weight is 611 g/mol. The smallest absolute Gasteiger partial charge is 0.195 e. The van der Waals surface area contributed by atoms with Crippen LogP contribution in [0.15, 0.2) is 158 Å². The van der Waals surface area contributed by atoms with Crippen LogP contribution >= 0.6 is 0 Å². The highest BCUT2D eigenvalue weighted by molar-refractivity contribution is 6.11. The molecule has 0 bridgehead atoms. The molecule has 0 saturated heterocycles. The maximum atomic E-state index is 8.27. The Morgan fingerprint density at radius 2 is 1.00 bits per heavy atom. The van der Waals surface area contributed by atoms with E-state index in [1.54, 1.807) is 0 Å². The number of para-hydroxylation sites is 4. The van der Waals surface area contributed by atoms with Crippen LogP contribution in [-0.4, -0.2) is 9.13 Å². The summed E-state index contributed by atoms with van der Waals surface area (Å²) in [6, 6.07) is 54.3. The SMILES string of the molecule is [C-]#[N+]c1ccc2c3ccccc3n(-c3ccccc3-c3c([N+]#[C-])cccc3-c3cccc(-n4c5ccccc5c5ccccc54)c3)c2c1. The van der Waals surface area contributed by atoms with Crippen molar-refractivity contribution in [1.29, 1.82) is 0 Å². The zero-order valence-electron chi connectivity index (χ0n) is 25.8. The van der Waals surface area contributed by atoms with E-state index >= 15 is 0 Å². The molecule has 2 heterocycles. The maximum Gasteiger partial charge on any atom is 0.195 e. The molecular weight excluding hydrogens is 585 g/mol. The lowest BCUT2D eigenvalue weighted by atomic mass is 9.91. The lowest BCUT2D eigenvalue weighted by Gasteiger charge is -2.19. The summed E-state index contributed by atoms with van der Waals surface area (Å²) in [6.07, 6.45) is 0. The molecule has 0 radical (unpaired) electrons. The van der Waals surface area contributed by atoms with E-state index in [4.69, 9.17) is 13.1 Å². The van der Waals surface area contributed by atoms with Crippen LogP contribution < -0.4 is 0 Å². The molecule has 4 nitrogen and oxygen atoms in total. The number of benzene rings is 7. The fourth-order valence-corrected chi connectivity index (χ4v) is 7.34. The molecule has 0 fully saturated rings. The summed E-state index contributed by atoms with van der Waals surface area (Å²) in [5, 5.41) is 4.65. The van der Waals surface area contributed by atoms with Crippen LogP contribution in [0.25, 0.3) is 86.9 Å². The van der Waals surface area contributed by atoms with E-state index in [2.05, 4.69) is 134 Å². The number of fused-ring (bicyclic) bond motifs is 6. The van der Waals surface area contributed by atoms with E-state index in [1.165, 1.54) is 10.8 Å². The molecular formula is C44H26N4. The van der Waals surface area contributed by atoms with Crippen molar-refractivity contribution in [2.75, 3.05) is 0 Å². The highest BCUT2D eigenvalue weighted by atomic mass is 15.0. The average Bonchev–Trinajstić information content (AvgIpc) is 3.67. The van der Waals surface area contributed by atoms with E-state index in [1.807, 2.05) is 42.5 Å². The van der Waals surface area contributed by atoms with E-state index in [0.29, 0.717) is 11.4 Å². The zero-order chi connectivity index (χ0) is 32.2. The summed E-state index contributed by atoms with van der Waals surface area (Å²) in [6.45, 7) is 16.0. The second kappa shape index (κ2) is 10.9. The third kappa shape index (κ3) is 4.07. The molecule has 0 N–H and O–H groups in total. The summed E-state index contributed by atoms with van der Waals surface area (Å²) in [4.78, 5) is 7.81. The van der Waals surface area contributed by atoms with Gasteiger partial charge in [-0.1, -0.05) is 115 Å². The fourth-order valence-electron chi connectivity index (χ4n) is 7.34. The summed E-state index contributed by atoms with van der Waals surface area (Å²) >= 11 is 0. The van der Waals surface area contributed by atoms with Gasteiger partial charge in [0.25, 0.3) is 0 Å². The third-order valence-corrected chi connectivity index (χ3v) is 9.36. The van der Waals surface area contributed by atoms with Gasteiger partial charge in [0.15, 0.2) is 11.4 Å². The normalized spacial score (nSPS) is 11.3. The third-order valence-electron chi connectivity index (χ3n) is 9.36. The van der Waals surface area contributed by atoms with Crippen LogP contribution in [0.2, 0.25) is 0 Å². The minimum Gasteiger partial charge on any atom is -0.310 e. The van der Waals surface area contributed by atoms with E-state index in [0.717, 1.165) is 66.5 Å². The first kappa shape index (κ1) is 27.4. The summed E-state index contributed by atoms with van der Waals surface area (Å²) < 4.78 is 4.57. The van der Waals surface area contributed by atoms with Crippen molar-refractivity contribution in [3.8, 4) is 33.6 Å². The predicted octanol–water partition coefficient (Wildman–Crippen LogP) is 12.3. The number of hydrogen-bond donors (Lipinski definition) is 0. The largest absolute Gasteiger partial charge is 0.310 e. The van der Waals surface area contributed by atoms with Crippen LogP contribution in [0.5, 0.6) is 0 Å². The zero-order valence-corrected chi connectivity index (χ0v) is 25.8. The summed E-state index contributed by atoms with van der Waals surface area (Å²) in [5.41, 5.74) is 11.4. The van der Waals surface area contributed by atoms with Gasteiger partial charge in [-0.15, -0.1) is 0 Å². The highest BCUT2D eigenvalue weighted by Gasteiger charge is 2.20. The first-order chi connectivity index (χ1) is 23.7. The Morgan fingerprint density at radius 1 is 0.417 bits per heavy atom. The number of hydrogen-bond acceptors (Lipinski definition) is 0. The molecule has 9 rings (SSSR count). The van der Waals surface area contributed by atoms with E-state index < -0.39 is 0 Å². The Labute approximate surface area is 277 Å². The van der Waals surface area contributed by atoms with Gasteiger partial charge in [-0.05, 0) is 64.7 Å². The van der Waals surface area contributed by atoms with Gasteiger partial charge in [0.05, 0.1) is 35.4 Å². The Morgan fingerprint density at radius 3 is 1.69 bits per heavy atom. The van der Waals surface area contributed by atoms with Crippen molar-refractivity contribution in [3.63, 3.8) is 0 Å². The monoisotopic (exact) mass is 610 g/mol. The molecule has 0 aliphatic heterocycles. The molecule has 0 aliphatic rings. The van der Waals surface area contributed by atoms with Gasteiger partial charge in [-0.2, -0.15) is 0 Å². The first-order valence-corrected chi connectivity index (χ1v) is 15.8. The molecule has 4 heteroatoms. The van der Waals surface area contributed by atoms with Gasteiger partial charge in [-0.3, -0.25) is 0 Å². The summed E-state index contributed by atoms with van der Waals surface area (Å²) in [7, 11) is 0. The standard InChI is InChI=1S/C44H26N4/c1-45-30-25-26-36-35-17-5-9-23-41(35)48(43(36)28-30)42-24-10-6-18-37(42)44-32(19-12-20-38(44)46-2)29-13-11-14-31(27-29)47-39-21-7-3-15-33(39)34-16-4-8-22-40(34)47/h3-28H. The van der Waals surface area contributed by atoms with Crippen molar-refractivity contribution in [3.05, 3.63) is 181 Å². The van der Waals surface area contributed by atoms with Gasteiger partial charge in [0.1, 0.15) is 0 Å². The molecule has 7 aromatic carbocycles. The maximum absolute atomic E-state index is 8.27. The van der Waals surface area contributed by atoms with Crippen LogP contribution in [0, 0.1) is 13.1 Å². The first-order valence-electron chi connectivity index (χ1n) is 15.8. The number of nitrogens with zero attached hydrogens (tertiary/aromatic N) is 4. The fraction of sp³-hybridized carbons (Fsp3) is 0. The minimum absolute atomic E-state index is 0.588. The van der Waals surface area contributed by atoms with Gasteiger partial charge >= 0.3 is 0 Å². The van der Waals surface area contributed by atoms with Crippen molar-refractivity contribution in [2.45, 2.75) is 0 Å². The summed E-state index contributed by atoms with van der Waals surface area (Å²) in [5.74, 6) is 0. The Kier molecular flexibility index (Phi) is 6.22. The predicted molar refractivity (Wildman–Crippen MR) is 199 cm³/mol. The van der Waals surface area contributed by atoms with Gasteiger partial charge in [0.2, 0.25) is 0 Å². The topological polar surface area (TPSA) is 18.6 Å². The van der Waals surface area contributed by atoms with E-state index in [9.17, 15) is 0 Å². The van der Waals surface area contributed by atoms with Crippen LogP contribution in [-0.2, 0) is 0 Å². The molecule has 9 aromatic rings. The molecule has 0 unspecified atom stereocenters. The Balaban J connectivity index is 1.31. The second-order valence-electron chi connectivity index (χ2n) is 11.9. The Hall–Kier alpha value is -6.88.